The standard InChI is InChI=1S/C5H8O2.C4H10O2S2/c1-3-5(6)7-4-2;5-1-3-7-8-4-2-6/h3H,1,4H2,2H3;5-6H,1-4H2. The Bertz CT molecular complexity index is 147. The molecule has 0 atom stereocenters. The number of rotatable bonds is 7. The second-order valence-electron chi connectivity index (χ2n) is 2.05. The van der Waals surface area contributed by atoms with Gasteiger partial charge in [0.1, 0.15) is 0 Å². The van der Waals surface area contributed by atoms with Crippen LogP contribution in [0.1, 0.15) is 6.92 Å². The number of hydrogen-bond acceptors (Lipinski definition) is 6. The molecule has 0 spiro atoms. The summed E-state index contributed by atoms with van der Waals surface area (Å²) in [6.07, 6.45) is 1.14. The predicted molar refractivity (Wildman–Crippen MR) is 65.9 cm³/mol. The van der Waals surface area contributed by atoms with Crippen LogP contribution in [0, 0.1) is 0 Å². The van der Waals surface area contributed by atoms with E-state index in [1.54, 1.807) is 28.5 Å². The van der Waals surface area contributed by atoms with Gasteiger partial charge in [-0.1, -0.05) is 28.2 Å². The van der Waals surface area contributed by atoms with E-state index in [0.29, 0.717) is 6.61 Å². The number of esters is 1. The third-order valence-electron chi connectivity index (χ3n) is 0.886. The van der Waals surface area contributed by atoms with E-state index in [2.05, 4.69) is 11.3 Å². The topological polar surface area (TPSA) is 66.8 Å². The fraction of sp³-hybridized carbons (Fsp3) is 0.667. The Morgan fingerprint density at radius 3 is 2.00 bits per heavy atom. The molecule has 0 aliphatic heterocycles. The van der Waals surface area contributed by atoms with Crippen LogP contribution < -0.4 is 0 Å². The van der Waals surface area contributed by atoms with E-state index in [9.17, 15) is 4.79 Å². The van der Waals surface area contributed by atoms with Gasteiger partial charge in [-0.05, 0) is 6.92 Å². The van der Waals surface area contributed by atoms with E-state index in [1.165, 1.54) is 0 Å². The summed E-state index contributed by atoms with van der Waals surface area (Å²) in [6.45, 7) is 5.83. The van der Waals surface area contributed by atoms with Crippen LogP contribution in [0.15, 0.2) is 12.7 Å². The minimum atomic E-state index is -0.359. The molecule has 0 bridgehead atoms. The number of ether oxygens (including phenoxy) is 1. The summed E-state index contributed by atoms with van der Waals surface area (Å²) < 4.78 is 4.43. The molecule has 0 unspecified atom stereocenters. The van der Waals surface area contributed by atoms with Gasteiger partial charge in [-0.3, -0.25) is 0 Å². The zero-order chi connectivity index (χ0) is 11.9. The van der Waals surface area contributed by atoms with Crippen LogP contribution in [0.4, 0.5) is 0 Å². The first-order chi connectivity index (χ1) is 7.22. The van der Waals surface area contributed by atoms with Crippen molar-refractivity contribution in [3.05, 3.63) is 12.7 Å². The van der Waals surface area contributed by atoms with E-state index in [1.807, 2.05) is 0 Å². The zero-order valence-corrected chi connectivity index (χ0v) is 10.5. The van der Waals surface area contributed by atoms with Crippen LogP contribution in [0.2, 0.25) is 0 Å². The number of aliphatic hydroxyl groups is 2. The summed E-state index contributed by atoms with van der Waals surface area (Å²) >= 11 is 0. The van der Waals surface area contributed by atoms with E-state index < -0.39 is 0 Å². The molecular weight excluding hydrogens is 236 g/mol. The Morgan fingerprint density at radius 2 is 1.80 bits per heavy atom. The molecule has 0 radical (unpaired) electrons. The van der Waals surface area contributed by atoms with Gasteiger partial charge < -0.3 is 14.9 Å². The quantitative estimate of drug-likeness (QED) is 0.307. The van der Waals surface area contributed by atoms with Gasteiger partial charge in [-0.2, -0.15) is 0 Å². The lowest BCUT2D eigenvalue weighted by Gasteiger charge is -1.93. The van der Waals surface area contributed by atoms with Crippen molar-refractivity contribution >= 4 is 27.6 Å². The van der Waals surface area contributed by atoms with Crippen molar-refractivity contribution in [2.45, 2.75) is 6.92 Å². The molecule has 0 heterocycles. The molecule has 0 amide bonds. The van der Waals surface area contributed by atoms with Gasteiger partial charge in [0, 0.05) is 17.6 Å². The lowest BCUT2D eigenvalue weighted by molar-refractivity contribution is -0.137. The molecule has 2 N–H and O–H groups in total. The summed E-state index contributed by atoms with van der Waals surface area (Å²) in [5.41, 5.74) is 0. The van der Waals surface area contributed by atoms with E-state index in [-0.39, 0.29) is 19.2 Å². The second-order valence-corrected chi connectivity index (χ2v) is 4.75. The van der Waals surface area contributed by atoms with E-state index in [0.717, 1.165) is 17.6 Å². The van der Waals surface area contributed by atoms with Gasteiger partial charge in [0.05, 0.1) is 19.8 Å². The largest absolute Gasteiger partial charge is 0.463 e. The first kappa shape index (κ1) is 17.2. The smallest absolute Gasteiger partial charge is 0.330 e. The van der Waals surface area contributed by atoms with Crippen LogP contribution >= 0.6 is 21.6 Å². The molecule has 0 rings (SSSR count). The van der Waals surface area contributed by atoms with Gasteiger partial charge in [0.25, 0.3) is 0 Å². The molecule has 0 saturated heterocycles. The van der Waals surface area contributed by atoms with Crippen LogP contribution in [-0.4, -0.2) is 47.5 Å². The van der Waals surface area contributed by atoms with Crippen LogP contribution in [0.5, 0.6) is 0 Å². The van der Waals surface area contributed by atoms with Crippen LogP contribution in [0.3, 0.4) is 0 Å². The molecule has 0 aromatic rings. The molecule has 6 heteroatoms. The van der Waals surface area contributed by atoms with Gasteiger partial charge >= 0.3 is 5.97 Å². The highest BCUT2D eigenvalue weighted by Crippen LogP contribution is 2.18. The summed E-state index contributed by atoms with van der Waals surface area (Å²) in [4.78, 5) is 10.1. The molecular formula is C9H18O4S2. The molecule has 0 fully saturated rings. The molecule has 0 aliphatic rings. The Labute approximate surface area is 98.5 Å². The van der Waals surface area contributed by atoms with Gasteiger partial charge in [0.15, 0.2) is 0 Å². The Hall–Kier alpha value is -0.170. The average molecular weight is 254 g/mol. The summed E-state index contributed by atoms with van der Waals surface area (Å²) in [5.74, 6) is 1.15. The van der Waals surface area contributed by atoms with E-state index in [4.69, 9.17) is 10.2 Å². The monoisotopic (exact) mass is 254 g/mol. The van der Waals surface area contributed by atoms with Crippen molar-refractivity contribution in [3.8, 4) is 0 Å². The van der Waals surface area contributed by atoms with Crippen molar-refractivity contribution in [2.75, 3.05) is 31.3 Å². The Morgan fingerprint density at radius 1 is 1.33 bits per heavy atom. The maximum absolute atomic E-state index is 10.1. The predicted octanol–water partition coefficient (Wildman–Crippen LogP) is 1.09. The minimum absolute atomic E-state index is 0.225. The lowest BCUT2D eigenvalue weighted by Crippen LogP contribution is -1.97. The minimum Gasteiger partial charge on any atom is -0.463 e. The zero-order valence-electron chi connectivity index (χ0n) is 8.85. The van der Waals surface area contributed by atoms with Crippen LogP contribution in [-0.2, 0) is 9.53 Å². The highest BCUT2D eigenvalue weighted by atomic mass is 33.1. The third-order valence-corrected chi connectivity index (χ3v) is 3.25. The number of hydrogen-bond donors (Lipinski definition) is 2. The number of aliphatic hydroxyl groups excluding tert-OH is 2. The highest BCUT2D eigenvalue weighted by molar-refractivity contribution is 8.76. The third kappa shape index (κ3) is 20.0. The lowest BCUT2D eigenvalue weighted by atomic mass is 10.6. The van der Waals surface area contributed by atoms with Gasteiger partial charge in [-0.25, -0.2) is 4.79 Å². The van der Waals surface area contributed by atoms with Crippen molar-refractivity contribution in [2.24, 2.45) is 0 Å². The summed E-state index contributed by atoms with van der Waals surface area (Å²) in [5, 5.41) is 16.5. The fourth-order valence-electron chi connectivity index (χ4n) is 0.394. The summed E-state index contributed by atoms with van der Waals surface area (Å²) in [6, 6.07) is 0. The molecule has 0 aromatic carbocycles. The average Bonchev–Trinajstić information content (AvgIpc) is 2.26. The number of carbonyl (C=O) groups excluding carboxylic acids is 1. The SMILES string of the molecule is C=CC(=O)OCC.OCCSSCCO. The van der Waals surface area contributed by atoms with Crippen molar-refractivity contribution in [1.82, 2.24) is 0 Å². The highest BCUT2D eigenvalue weighted by Gasteiger charge is 1.86. The fourth-order valence-corrected chi connectivity index (χ4v) is 1.93. The van der Waals surface area contributed by atoms with Crippen LogP contribution in [0.25, 0.3) is 0 Å². The normalized spacial score (nSPS) is 8.73. The molecule has 15 heavy (non-hydrogen) atoms. The van der Waals surface area contributed by atoms with Crippen molar-refractivity contribution in [1.29, 1.82) is 0 Å². The Kier molecular flexibility index (Phi) is 18.7. The maximum atomic E-state index is 10.1. The molecule has 0 saturated carbocycles. The maximum Gasteiger partial charge on any atom is 0.330 e. The first-order valence-corrected chi connectivity index (χ1v) is 6.97. The van der Waals surface area contributed by atoms with Gasteiger partial charge in [-0.15, -0.1) is 0 Å². The second kappa shape index (κ2) is 16.3. The number of carbonyl (C=O) groups is 1. The molecule has 0 aliphatic carbocycles. The van der Waals surface area contributed by atoms with E-state index >= 15 is 0 Å². The van der Waals surface area contributed by atoms with Crippen molar-refractivity contribution in [3.63, 3.8) is 0 Å². The molecule has 4 nitrogen and oxygen atoms in total. The molecule has 0 aromatic heterocycles. The van der Waals surface area contributed by atoms with Crippen molar-refractivity contribution < 1.29 is 19.7 Å². The summed E-state index contributed by atoms with van der Waals surface area (Å²) in [7, 11) is 3.17. The first-order valence-electron chi connectivity index (χ1n) is 4.48. The van der Waals surface area contributed by atoms with Gasteiger partial charge in [0.2, 0.25) is 0 Å². The Balaban J connectivity index is 0. The molecule has 90 valence electrons.